The molecule has 3 aromatic rings. The Kier molecular flexibility index (Phi) is 3.56. The second-order valence-electron chi connectivity index (χ2n) is 6.66. The molecular formula is C19H20N4O. The predicted molar refractivity (Wildman–Crippen MR) is 92.1 cm³/mol. The number of carbonyl (C=O) groups excluding carboxylic acids is 1. The van der Waals surface area contributed by atoms with E-state index >= 15 is 0 Å². The number of hydrogen-bond donors (Lipinski definition) is 0. The Labute approximate surface area is 140 Å². The average Bonchev–Trinajstić information content (AvgIpc) is 3.20. The van der Waals surface area contributed by atoms with Crippen LogP contribution in [-0.2, 0) is 17.9 Å². The van der Waals surface area contributed by atoms with Gasteiger partial charge in [0.25, 0.3) is 0 Å². The lowest BCUT2D eigenvalue weighted by Crippen LogP contribution is -2.36. The van der Waals surface area contributed by atoms with Crippen LogP contribution in [0.3, 0.4) is 0 Å². The van der Waals surface area contributed by atoms with Gasteiger partial charge in [-0.2, -0.15) is 0 Å². The molecule has 1 amide bonds. The fraction of sp³-hybridized carbons (Fsp3) is 0.316. The summed E-state index contributed by atoms with van der Waals surface area (Å²) in [6, 6.07) is 10.1. The van der Waals surface area contributed by atoms with Gasteiger partial charge >= 0.3 is 0 Å². The van der Waals surface area contributed by atoms with Crippen LogP contribution in [0.25, 0.3) is 10.9 Å². The molecule has 24 heavy (non-hydrogen) atoms. The van der Waals surface area contributed by atoms with Gasteiger partial charge in [0.15, 0.2) is 0 Å². The Morgan fingerprint density at radius 2 is 2.12 bits per heavy atom. The van der Waals surface area contributed by atoms with Crippen molar-refractivity contribution in [2.75, 3.05) is 7.05 Å². The third-order valence-corrected chi connectivity index (χ3v) is 4.84. The molecule has 1 fully saturated rings. The highest BCUT2D eigenvalue weighted by atomic mass is 16.2. The highest BCUT2D eigenvalue weighted by Crippen LogP contribution is 2.48. The fourth-order valence-corrected chi connectivity index (χ4v) is 3.36. The van der Waals surface area contributed by atoms with Crippen molar-refractivity contribution in [2.24, 2.45) is 5.41 Å². The quantitative estimate of drug-likeness (QED) is 0.726. The molecule has 5 nitrogen and oxygen atoms in total. The normalized spacial score (nSPS) is 15.4. The first-order valence-corrected chi connectivity index (χ1v) is 8.22. The van der Waals surface area contributed by atoms with Gasteiger partial charge in [-0.15, -0.1) is 0 Å². The summed E-state index contributed by atoms with van der Waals surface area (Å²) in [6.45, 7) is 1.32. The van der Waals surface area contributed by atoms with Crippen molar-refractivity contribution in [2.45, 2.75) is 25.9 Å². The molecule has 0 atom stereocenters. The van der Waals surface area contributed by atoms with Crippen LogP contribution in [0.4, 0.5) is 0 Å². The molecule has 2 aromatic heterocycles. The first-order chi connectivity index (χ1) is 11.7. The van der Waals surface area contributed by atoms with E-state index in [-0.39, 0.29) is 11.3 Å². The number of benzene rings is 1. The summed E-state index contributed by atoms with van der Waals surface area (Å²) in [5, 5.41) is 1.11. The molecule has 2 heterocycles. The third-order valence-electron chi connectivity index (χ3n) is 4.84. The molecule has 0 radical (unpaired) electrons. The molecule has 0 N–H and O–H groups in total. The second-order valence-corrected chi connectivity index (χ2v) is 6.66. The van der Waals surface area contributed by atoms with Gasteiger partial charge in [-0.05, 0) is 30.5 Å². The Hall–Kier alpha value is -2.69. The van der Waals surface area contributed by atoms with Crippen molar-refractivity contribution in [3.05, 3.63) is 60.8 Å². The zero-order valence-corrected chi connectivity index (χ0v) is 13.7. The van der Waals surface area contributed by atoms with E-state index in [9.17, 15) is 4.79 Å². The molecule has 0 aliphatic heterocycles. The fourth-order valence-electron chi connectivity index (χ4n) is 3.36. The van der Waals surface area contributed by atoms with Crippen LogP contribution < -0.4 is 0 Å². The van der Waals surface area contributed by atoms with Crippen molar-refractivity contribution in [3.8, 4) is 0 Å². The molecule has 1 aliphatic rings. The van der Waals surface area contributed by atoms with E-state index in [0.29, 0.717) is 13.1 Å². The maximum absolute atomic E-state index is 13.0. The van der Waals surface area contributed by atoms with Gasteiger partial charge in [0.05, 0.1) is 17.3 Å². The number of imidazole rings is 1. The first kappa shape index (κ1) is 14.9. The van der Waals surface area contributed by atoms with Gasteiger partial charge in [0.2, 0.25) is 5.91 Å². The standard InChI is InChI=1S/C19H20N4O/c1-22(12-15-4-2-6-17-16(15)5-3-9-21-17)18(24)19(7-8-19)13-23-11-10-20-14-23/h2-6,9-11,14H,7-8,12-13H2,1H3. The van der Waals surface area contributed by atoms with Gasteiger partial charge in [-0.3, -0.25) is 9.78 Å². The Bertz CT molecular complexity index is 863. The molecular weight excluding hydrogens is 300 g/mol. The van der Waals surface area contributed by atoms with Gasteiger partial charge in [-0.25, -0.2) is 4.98 Å². The number of hydrogen-bond acceptors (Lipinski definition) is 3. The number of rotatable bonds is 5. The molecule has 0 spiro atoms. The monoisotopic (exact) mass is 320 g/mol. The Morgan fingerprint density at radius 3 is 2.88 bits per heavy atom. The smallest absolute Gasteiger partial charge is 0.230 e. The maximum atomic E-state index is 13.0. The summed E-state index contributed by atoms with van der Waals surface area (Å²) in [6.07, 6.45) is 9.16. The second kappa shape index (κ2) is 5.74. The largest absolute Gasteiger partial charge is 0.341 e. The molecule has 4 rings (SSSR count). The van der Waals surface area contributed by atoms with E-state index in [1.165, 1.54) is 0 Å². The van der Waals surface area contributed by atoms with E-state index < -0.39 is 0 Å². The van der Waals surface area contributed by atoms with Crippen molar-refractivity contribution < 1.29 is 4.79 Å². The van der Waals surface area contributed by atoms with Crippen LogP contribution >= 0.6 is 0 Å². The van der Waals surface area contributed by atoms with Crippen molar-refractivity contribution >= 4 is 16.8 Å². The van der Waals surface area contributed by atoms with E-state index in [1.807, 2.05) is 40.9 Å². The minimum atomic E-state index is -0.252. The summed E-state index contributed by atoms with van der Waals surface area (Å²) in [5.74, 6) is 0.220. The van der Waals surface area contributed by atoms with Gasteiger partial charge in [0, 0.05) is 44.1 Å². The molecule has 5 heteroatoms. The Balaban J connectivity index is 1.53. The van der Waals surface area contributed by atoms with Gasteiger partial charge in [0.1, 0.15) is 0 Å². The molecule has 0 bridgehead atoms. The molecule has 1 aliphatic carbocycles. The number of pyridine rings is 1. The summed E-state index contributed by atoms with van der Waals surface area (Å²) in [5.41, 5.74) is 1.85. The van der Waals surface area contributed by atoms with E-state index in [1.54, 1.807) is 18.7 Å². The van der Waals surface area contributed by atoms with Gasteiger partial charge in [-0.1, -0.05) is 18.2 Å². The topological polar surface area (TPSA) is 51.0 Å². The number of nitrogens with zero attached hydrogens (tertiary/aromatic N) is 4. The summed E-state index contributed by atoms with van der Waals surface area (Å²) < 4.78 is 2.00. The molecule has 1 aromatic carbocycles. The predicted octanol–water partition coefficient (Wildman–Crippen LogP) is 2.87. The summed E-state index contributed by atoms with van der Waals surface area (Å²) in [4.78, 5) is 23.3. The summed E-state index contributed by atoms with van der Waals surface area (Å²) >= 11 is 0. The third kappa shape index (κ3) is 2.66. The van der Waals surface area contributed by atoms with Crippen molar-refractivity contribution in [1.82, 2.24) is 19.4 Å². The minimum Gasteiger partial charge on any atom is -0.341 e. The number of carbonyl (C=O) groups is 1. The van der Waals surface area contributed by atoms with Gasteiger partial charge < -0.3 is 9.47 Å². The zero-order valence-electron chi connectivity index (χ0n) is 13.7. The number of aromatic nitrogens is 3. The van der Waals surface area contributed by atoms with Crippen LogP contribution in [0.1, 0.15) is 18.4 Å². The molecule has 1 saturated carbocycles. The summed E-state index contributed by atoms with van der Waals surface area (Å²) in [7, 11) is 1.89. The van der Waals surface area contributed by atoms with E-state index in [2.05, 4.69) is 22.1 Å². The Morgan fingerprint density at radius 1 is 1.25 bits per heavy atom. The number of amides is 1. The lowest BCUT2D eigenvalue weighted by atomic mass is 10.0. The number of fused-ring (bicyclic) bond motifs is 1. The minimum absolute atomic E-state index is 0.220. The van der Waals surface area contributed by atoms with Crippen LogP contribution in [0.2, 0.25) is 0 Å². The highest BCUT2D eigenvalue weighted by molar-refractivity contribution is 5.86. The molecule has 122 valence electrons. The van der Waals surface area contributed by atoms with Crippen molar-refractivity contribution in [3.63, 3.8) is 0 Å². The average molecular weight is 320 g/mol. The van der Waals surface area contributed by atoms with Crippen LogP contribution in [-0.4, -0.2) is 32.4 Å². The van der Waals surface area contributed by atoms with Crippen molar-refractivity contribution in [1.29, 1.82) is 0 Å². The SMILES string of the molecule is CN(Cc1cccc2ncccc12)C(=O)C1(Cn2ccnc2)CC1. The van der Waals surface area contributed by atoms with Crippen LogP contribution in [0.5, 0.6) is 0 Å². The lowest BCUT2D eigenvalue weighted by molar-refractivity contribution is -0.136. The van der Waals surface area contributed by atoms with Crippen LogP contribution in [0, 0.1) is 5.41 Å². The van der Waals surface area contributed by atoms with E-state index in [0.717, 1.165) is 29.3 Å². The van der Waals surface area contributed by atoms with Crippen LogP contribution in [0.15, 0.2) is 55.2 Å². The zero-order chi connectivity index (χ0) is 16.6. The molecule has 0 unspecified atom stereocenters. The molecule has 0 saturated heterocycles. The maximum Gasteiger partial charge on any atom is 0.230 e. The lowest BCUT2D eigenvalue weighted by Gasteiger charge is -2.24. The highest BCUT2D eigenvalue weighted by Gasteiger charge is 2.51. The van der Waals surface area contributed by atoms with E-state index in [4.69, 9.17) is 0 Å². The first-order valence-electron chi connectivity index (χ1n) is 8.22.